The lowest BCUT2D eigenvalue weighted by Gasteiger charge is -2.35. The highest BCUT2D eigenvalue weighted by atomic mass is 16.2. The van der Waals surface area contributed by atoms with Crippen molar-refractivity contribution >= 4 is 17.5 Å². The number of hydrogen-bond donors (Lipinski definition) is 0. The molecule has 2 aliphatic heterocycles. The normalized spacial score (nSPS) is 23.6. The van der Waals surface area contributed by atoms with E-state index in [0.717, 1.165) is 24.5 Å². The Morgan fingerprint density at radius 2 is 2.04 bits per heavy atom. The highest BCUT2D eigenvalue weighted by Crippen LogP contribution is 2.33. The van der Waals surface area contributed by atoms with Crippen LogP contribution in [0.1, 0.15) is 18.5 Å². The Morgan fingerprint density at radius 3 is 2.64 bits per heavy atom. The number of carbonyl (C=O) groups excluding carboxylic acids is 2. The monoisotopic (exact) mass is 385 g/mol. The lowest BCUT2D eigenvalue weighted by molar-refractivity contribution is -0.140. The number of amides is 2. The number of rotatable bonds is 4. The van der Waals surface area contributed by atoms with E-state index in [1.54, 1.807) is 27.0 Å². The Labute approximate surface area is 164 Å². The van der Waals surface area contributed by atoms with Crippen molar-refractivity contribution < 1.29 is 9.59 Å². The van der Waals surface area contributed by atoms with E-state index in [1.807, 2.05) is 31.1 Å². The summed E-state index contributed by atoms with van der Waals surface area (Å²) in [5.41, 5.74) is 1.74. The molecule has 0 saturated carbocycles. The van der Waals surface area contributed by atoms with Crippen molar-refractivity contribution in [1.29, 1.82) is 0 Å². The van der Waals surface area contributed by atoms with Crippen LogP contribution in [0.25, 0.3) is 0 Å². The predicted molar refractivity (Wildman–Crippen MR) is 104 cm³/mol. The molecule has 2 aromatic heterocycles. The smallest absolute Gasteiger partial charge is 0.246 e. The van der Waals surface area contributed by atoms with E-state index < -0.39 is 0 Å². The molecule has 0 unspecified atom stereocenters. The third-order valence-electron chi connectivity index (χ3n) is 5.80. The van der Waals surface area contributed by atoms with Gasteiger partial charge in [-0.25, -0.2) is 4.98 Å². The molecule has 2 aliphatic rings. The van der Waals surface area contributed by atoms with Crippen molar-refractivity contribution in [2.75, 3.05) is 44.2 Å². The van der Waals surface area contributed by atoms with Gasteiger partial charge in [0.25, 0.3) is 0 Å². The molecular weight excluding hydrogens is 358 g/mol. The number of nitrogens with zero attached hydrogens (tertiary/aromatic N) is 7. The van der Waals surface area contributed by atoms with Crippen molar-refractivity contribution in [2.45, 2.75) is 12.8 Å². The molecule has 2 aromatic rings. The molecule has 2 amide bonds. The molecule has 0 radical (unpaired) electrons. The summed E-state index contributed by atoms with van der Waals surface area (Å²) < 4.78 is 3.59. The number of piperazine rings is 1. The largest absolute Gasteiger partial charge is 0.340 e. The summed E-state index contributed by atoms with van der Waals surface area (Å²) in [6, 6.07) is 0. The molecule has 0 aliphatic carbocycles. The van der Waals surface area contributed by atoms with Crippen LogP contribution in [-0.4, -0.2) is 80.2 Å². The number of aromatic nitrogens is 4. The zero-order valence-corrected chi connectivity index (χ0v) is 16.7. The van der Waals surface area contributed by atoms with Gasteiger partial charge >= 0.3 is 0 Å². The van der Waals surface area contributed by atoms with Crippen LogP contribution in [0.2, 0.25) is 0 Å². The number of imidazole rings is 1. The predicted octanol–water partition coefficient (Wildman–Crippen LogP) is 0.0643. The molecule has 150 valence electrons. The Hall–Kier alpha value is -2.68. The zero-order valence-electron chi connectivity index (χ0n) is 16.7. The van der Waals surface area contributed by atoms with Gasteiger partial charge in [-0.3, -0.25) is 14.3 Å². The van der Waals surface area contributed by atoms with E-state index in [2.05, 4.69) is 21.9 Å². The summed E-state index contributed by atoms with van der Waals surface area (Å²) >= 11 is 0. The number of likely N-dealkylation sites (tertiary alicyclic amines) is 1. The van der Waals surface area contributed by atoms with Crippen LogP contribution in [0.5, 0.6) is 0 Å². The molecule has 2 atom stereocenters. The average molecular weight is 385 g/mol. The highest BCUT2D eigenvalue weighted by molar-refractivity contribution is 5.98. The third kappa shape index (κ3) is 3.42. The lowest BCUT2D eigenvalue weighted by Crippen LogP contribution is -2.54. The fourth-order valence-electron chi connectivity index (χ4n) is 4.23. The summed E-state index contributed by atoms with van der Waals surface area (Å²) in [5.74, 6) is -0.0918. The van der Waals surface area contributed by atoms with Crippen LogP contribution in [0, 0.1) is 5.92 Å². The highest BCUT2D eigenvalue weighted by Gasteiger charge is 2.42. The second-order valence-electron chi connectivity index (χ2n) is 7.71. The second kappa shape index (κ2) is 7.38. The van der Waals surface area contributed by atoms with Gasteiger partial charge in [0, 0.05) is 58.6 Å². The van der Waals surface area contributed by atoms with Gasteiger partial charge in [0.05, 0.1) is 29.8 Å². The van der Waals surface area contributed by atoms with Crippen molar-refractivity contribution in [1.82, 2.24) is 29.1 Å². The summed E-state index contributed by atoms with van der Waals surface area (Å²) in [6.07, 6.45) is 7.28. The topological polar surface area (TPSA) is 79.5 Å². The van der Waals surface area contributed by atoms with Gasteiger partial charge in [-0.2, -0.15) is 5.10 Å². The van der Waals surface area contributed by atoms with E-state index >= 15 is 0 Å². The van der Waals surface area contributed by atoms with Gasteiger partial charge in [-0.15, -0.1) is 0 Å². The third-order valence-corrected chi connectivity index (χ3v) is 5.80. The summed E-state index contributed by atoms with van der Waals surface area (Å²) in [7, 11) is 3.77. The van der Waals surface area contributed by atoms with Gasteiger partial charge < -0.3 is 19.3 Å². The Kier molecular flexibility index (Phi) is 4.92. The molecule has 0 bridgehead atoms. The first kappa shape index (κ1) is 18.7. The molecule has 4 rings (SSSR count). The number of aryl methyl sites for hydroxylation is 2. The fourth-order valence-corrected chi connectivity index (χ4v) is 4.23. The van der Waals surface area contributed by atoms with E-state index in [0.29, 0.717) is 19.6 Å². The van der Waals surface area contributed by atoms with E-state index in [-0.39, 0.29) is 30.2 Å². The number of carbonyl (C=O) groups is 2. The number of hydrogen-bond acceptors (Lipinski definition) is 5. The van der Waals surface area contributed by atoms with Gasteiger partial charge in [0.15, 0.2) is 0 Å². The van der Waals surface area contributed by atoms with Gasteiger partial charge in [0.2, 0.25) is 11.8 Å². The standard InChI is InChI=1S/C19H27N7O2/c1-4-24-9-15(17-11-22(2)13-20-17)16(10-24)19(28)25-5-6-26(18(27)12-25)14-7-21-23(3)8-14/h7-8,11,13,15-16H,4-6,9-10,12H2,1-3H3/t15-,16-/m1/s1. The van der Waals surface area contributed by atoms with Crippen LogP contribution in [0.15, 0.2) is 24.9 Å². The number of likely N-dealkylation sites (N-methyl/N-ethyl adjacent to an activating group) is 1. The first-order valence-electron chi connectivity index (χ1n) is 9.74. The molecule has 28 heavy (non-hydrogen) atoms. The number of anilines is 1. The molecule has 2 saturated heterocycles. The van der Waals surface area contributed by atoms with E-state index in [9.17, 15) is 9.59 Å². The van der Waals surface area contributed by atoms with Gasteiger partial charge in [-0.05, 0) is 6.54 Å². The maximum atomic E-state index is 13.3. The molecular formula is C19H27N7O2. The fraction of sp³-hybridized carbons (Fsp3) is 0.579. The Balaban J connectivity index is 1.48. The molecule has 9 heteroatoms. The minimum atomic E-state index is -0.160. The molecule has 0 spiro atoms. The van der Waals surface area contributed by atoms with Crippen molar-refractivity contribution in [3.63, 3.8) is 0 Å². The maximum Gasteiger partial charge on any atom is 0.246 e. The van der Waals surface area contributed by atoms with Crippen LogP contribution >= 0.6 is 0 Å². The summed E-state index contributed by atoms with van der Waals surface area (Å²) in [4.78, 5) is 36.2. The first-order chi connectivity index (χ1) is 13.5. The van der Waals surface area contributed by atoms with Crippen molar-refractivity contribution in [2.24, 2.45) is 20.0 Å². The quantitative estimate of drug-likeness (QED) is 0.744. The van der Waals surface area contributed by atoms with Crippen LogP contribution < -0.4 is 4.90 Å². The average Bonchev–Trinajstić information content (AvgIpc) is 3.40. The minimum Gasteiger partial charge on any atom is -0.340 e. The first-order valence-corrected chi connectivity index (χ1v) is 9.74. The Bertz CT molecular complexity index is 873. The maximum absolute atomic E-state index is 13.3. The molecule has 0 aromatic carbocycles. The van der Waals surface area contributed by atoms with Gasteiger partial charge in [0.1, 0.15) is 6.54 Å². The van der Waals surface area contributed by atoms with Crippen molar-refractivity contribution in [3.05, 3.63) is 30.6 Å². The molecule has 4 heterocycles. The van der Waals surface area contributed by atoms with Crippen LogP contribution in [0.4, 0.5) is 5.69 Å². The lowest BCUT2D eigenvalue weighted by atomic mass is 9.91. The second-order valence-corrected chi connectivity index (χ2v) is 7.71. The Morgan fingerprint density at radius 1 is 1.21 bits per heavy atom. The zero-order chi connectivity index (χ0) is 19.8. The summed E-state index contributed by atoms with van der Waals surface area (Å²) in [5, 5.41) is 4.13. The molecule has 0 N–H and O–H groups in total. The van der Waals surface area contributed by atoms with E-state index in [4.69, 9.17) is 0 Å². The molecule has 2 fully saturated rings. The summed E-state index contributed by atoms with van der Waals surface area (Å²) in [6.45, 7) is 5.71. The molecule has 9 nitrogen and oxygen atoms in total. The van der Waals surface area contributed by atoms with Crippen LogP contribution in [0.3, 0.4) is 0 Å². The van der Waals surface area contributed by atoms with E-state index in [1.165, 1.54) is 0 Å². The van der Waals surface area contributed by atoms with Crippen molar-refractivity contribution in [3.8, 4) is 0 Å². The van der Waals surface area contributed by atoms with Crippen LogP contribution in [-0.2, 0) is 23.7 Å². The minimum absolute atomic E-state index is 0.0609. The SMILES string of the molecule is CCN1C[C@@H](C(=O)N2CCN(c3cnn(C)c3)C(=O)C2)[C@H](c2cn(C)cn2)C1. The van der Waals surface area contributed by atoms with Gasteiger partial charge in [-0.1, -0.05) is 6.92 Å².